The van der Waals surface area contributed by atoms with Gasteiger partial charge in [-0.05, 0) is 7.05 Å². The Morgan fingerprint density at radius 2 is 2.09 bits per heavy atom. The highest BCUT2D eigenvalue weighted by Crippen LogP contribution is 2.31. The van der Waals surface area contributed by atoms with Crippen molar-refractivity contribution in [1.29, 1.82) is 0 Å². The monoisotopic (exact) mass is 162 g/mol. The van der Waals surface area contributed by atoms with Crippen molar-refractivity contribution >= 4 is 0 Å². The molecule has 0 bridgehead atoms. The molecule has 2 nitrogen and oxygen atoms in total. The van der Waals surface area contributed by atoms with Gasteiger partial charge < -0.3 is 0 Å². The van der Waals surface area contributed by atoms with Crippen LogP contribution in [0.25, 0.3) is 0 Å². The van der Waals surface area contributed by atoms with Crippen LogP contribution in [0.3, 0.4) is 0 Å². The second-order valence-corrected chi connectivity index (χ2v) is 3.42. The van der Waals surface area contributed by atoms with Gasteiger partial charge in [0.25, 0.3) is 6.43 Å². The number of likely N-dealkylation sites (tertiary alicyclic amines) is 2. The number of nitrogens with zero attached hydrogens (tertiary/aromatic N) is 2. The molecule has 2 aliphatic rings. The van der Waals surface area contributed by atoms with Crippen LogP contribution in [0.5, 0.6) is 0 Å². The lowest BCUT2D eigenvalue weighted by Crippen LogP contribution is -2.77. The number of hydrogen-bond donors (Lipinski definition) is 0. The van der Waals surface area contributed by atoms with Crippen molar-refractivity contribution in [3.63, 3.8) is 0 Å². The number of hydrogen-bond acceptors (Lipinski definition) is 2. The molecule has 0 aromatic heterocycles. The standard InChI is InChI=1S/C7H12F2N2/c1-10-2-6-5(10)3-11(6)4-7(8)9/h5-7H,2-4H2,1H3/t5-,6?/m0/s1. The Kier molecular flexibility index (Phi) is 1.61. The van der Waals surface area contributed by atoms with Crippen LogP contribution < -0.4 is 0 Å². The highest BCUT2D eigenvalue weighted by atomic mass is 19.3. The van der Waals surface area contributed by atoms with Gasteiger partial charge >= 0.3 is 0 Å². The molecular weight excluding hydrogens is 150 g/mol. The molecule has 0 aromatic carbocycles. The number of fused-ring (bicyclic) bond motifs is 1. The van der Waals surface area contributed by atoms with Crippen LogP contribution in [0.2, 0.25) is 0 Å². The first-order valence-corrected chi connectivity index (χ1v) is 3.91. The molecule has 1 unspecified atom stereocenters. The Morgan fingerprint density at radius 1 is 1.36 bits per heavy atom. The average molecular weight is 162 g/mol. The molecule has 2 fully saturated rings. The highest BCUT2D eigenvalue weighted by Gasteiger charge is 2.49. The van der Waals surface area contributed by atoms with E-state index in [2.05, 4.69) is 4.90 Å². The first-order valence-electron chi connectivity index (χ1n) is 3.91. The molecule has 2 aliphatic heterocycles. The maximum atomic E-state index is 11.9. The molecule has 0 aliphatic carbocycles. The zero-order chi connectivity index (χ0) is 8.01. The van der Waals surface area contributed by atoms with Crippen molar-refractivity contribution in [2.45, 2.75) is 18.5 Å². The lowest BCUT2D eigenvalue weighted by Gasteiger charge is -2.61. The largest absolute Gasteiger partial charge is 0.299 e. The summed E-state index contributed by atoms with van der Waals surface area (Å²) in [6.07, 6.45) is -2.16. The third-order valence-corrected chi connectivity index (χ3v) is 2.75. The minimum absolute atomic E-state index is 0.0327. The number of piperazine rings is 1. The molecule has 2 heterocycles. The van der Waals surface area contributed by atoms with Crippen LogP contribution in [-0.4, -0.2) is 55.0 Å². The molecule has 11 heavy (non-hydrogen) atoms. The van der Waals surface area contributed by atoms with Gasteiger partial charge in [0.05, 0.1) is 6.54 Å². The zero-order valence-corrected chi connectivity index (χ0v) is 6.50. The summed E-state index contributed by atoms with van der Waals surface area (Å²) >= 11 is 0. The summed E-state index contributed by atoms with van der Waals surface area (Å²) in [7, 11) is 2.04. The maximum absolute atomic E-state index is 11.9. The van der Waals surface area contributed by atoms with Gasteiger partial charge in [0, 0.05) is 25.2 Å². The Morgan fingerprint density at radius 3 is 2.45 bits per heavy atom. The summed E-state index contributed by atoms with van der Waals surface area (Å²) in [5, 5.41) is 0. The van der Waals surface area contributed by atoms with E-state index in [0.717, 1.165) is 13.1 Å². The fraction of sp³-hybridized carbons (Fsp3) is 1.00. The van der Waals surface area contributed by atoms with Gasteiger partial charge in [0.1, 0.15) is 0 Å². The molecule has 2 saturated heterocycles. The van der Waals surface area contributed by atoms with Crippen LogP contribution in [0.1, 0.15) is 0 Å². The molecule has 0 saturated carbocycles. The van der Waals surface area contributed by atoms with Crippen molar-refractivity contribution in [2.75, 3.05) is 26.7 Å². The number of halogens is 2. The number of rotatable bonds is 2. The maximum Gasteiger partial charge on any atom is 0.251 e. The topological polar surface area (TPSA) is 6.48 Å². The molecular formula is C7H12F2N2. The minimum Gasteiger partial charge on any atom is -0.299 e. The van der Waals surface area contributed by atoms with E-state index in [9.17, 15) is 8.78 Å². The first kappa shape index (κ1) is 7.43. The normalized spacial score (nSPS) is 38.2. The lowest BCUT2D eigenvalue weighted by molar-refractivity contribution is -0.126. The van der Waals surface area contributed by atoms with Crippen molar-refractivity contribution in [3.8, 4) is 0 Å². The van der Waals surface area contributed by atoms with E-state index in [-0.39, 0.29) is 6.54 Å². The smallest absolute Gasteiger partial charge is 0.251 e. The van der Waals surface area contributed by atoms with E-state index in [1.165, 1.54) is 0 Å². The Hall–Kier alpha value is -0.220. The van der Waals surface area contributed by atoms with Crippen molar-refractivity contribution < 1.29 is 8.78 Å². The quantitative estimate of drug-likeness (QED) is 0.574. The predicted molar refractivity (Wildman–Crippen MR) is 37.8 cm³/mol. The third-order valence-electron chi connectivity index (χ3n) is 2.75. The van der Waals surface area contributed by atoms with E-state index < -0.39 is 6.43 Å². The van der Waals surface area contributed by atoms with Crippen LogP contribution in [-0.2, 0) is 0 Å². The molecule has 0 N–H and O–H groups in total. The lowest BCUT2D eigenvalue weighted by atomic mass is 9.86. The summed E-state index contributed by atoms with van der Waals surface area (Å²) in [6.45, 7) is 1.78. The van der Waals surface area contributed by atoms with Crippen molar-refractivity contribution in [1.82, 2.24) is 9.80 Å². The number of alkyl halides is 2. The molecule has 0 radical (unpaired) electrons. The Balaban J connectivity index is 1.77. The summed E-state index contributed by atoms with van der Waals surface area (Å²) in [5.74, 6) is 0. The summed E-state index contributed by atoms with van der Waals surface area (Å²) in [6, 6.07) is 1.02. The Bertz CT molecular complexity index is 163. The minimum atomic E-state index is -2.16. The van der Waals surface area contributed by atoms with Gasteiger partial charge in [-0.1, -0.05) is 0 Å². The second kappa shape index (κ2) is 2.38. The SMILES string of the molecule is CN1CC2[C@@H]1CN2CC(F)F. The molecule has 2 atom stereocenters. The van der Waals surface area contributed by atoms with Gasteiger partial charge in [-0.15, -0.1) is 0 Å². The molecule has 2 rings (SSSR count). The summed E-state index contributed by atoms with van der Waals surface area (Å²) in [5.41, 5.74) is 0. The van der Waals surface area contributed by atoms with E-state index >= 15 is 0 Å². The summed E-state index contributed by atoms with van der Waals surface area (Å²) in [4.78, 5) is 4.09. The first-order chi connectivity index (χ1) is 5.18. The van der Waals surface area contributed by atoms with Gasteiger partial charge in [-0.25, -0.2) is 8.78 Å². The third kappa shape index (κ3) is 1.05. The molecule has 0 amide bonds. The predicted octanol–water partition coefficient (Wildman–Crippen LogP) is 0.250. The number of likely N-dealkylation sites (N-methyl/N-ethyl adjacent to an activating group) is 1. The van der Waals surface area contributed by atoms with Crippen LogP contribution in [0, 0.1) is 0 Å². The second-order valence-electron chi connectivity index (χ2n) is 3.42. The van der Waals surface area contributed by atoms with E-state index in [0.29, 0.717) is 12.1 Å². The van der Waals surface area contributed by atoms with E-state index in [4.69, 9.17) is 0 Å². The molecule has 64 valence electrons. The zero-order valence-electron chi connectivity index (χ0n) is 6.50. The fourth-order valence-electron chi connectivity index (χ4n) is 1.95. The van der Waals surface area contributed by atoms with Gasteiger partial charge in [0.2, 0.25) is 0 Å². The summed E-state index contributed by atoms with van der Waals surface area (Å²) < 4.78 is 23.7. The van der Waals surface area contributed by atoms with Gasteiger partial charge in [-0.3, -0.25) is 9.80 Å². The van der Waals surface area contributed by atoms with E-state index in [1.807, 2.05) is 11.9 Å². The van der Waals surface area contributed by atoms with Gasteiger partial charge in [-0.2, -0.15) is 0 Å². The van der Waals surface area contributed by atoms with Gasteiger partial charge in [0.15, 0.2) is 0 Å². The molecule has 0 spiro atoms. The van der Waals surface area contributed by atoms with Crippen LogP contribution in [0.4, 0.5) is 8.78 Å². The average Bonchev–Trinajstić information content (AvgIpc) is 1.91. The fourth-order valence-corrected chi connectivity index (χ4v) is 1.95. The van der Waals surface area contributed by atoms with Crippen LogP contribution in [0.15, 0.2) is 0 Å². The highest BCUT2D eigenvalue weighted by molar-refractivity contribution is 5.07. The van der Waals surface area contributed by atoms with Crippen LogP contribution >= 0.6 is 0 Å². The van der Waals surface area contributed by atoms with Crippen molar-refractivity contribution in [3.05, 3.63) is 0 Å². The van der Waals surface area contributed by atoms with Crippen molar-refractivity contribution in [2.24, 2.45) is 0 Å². The Labute approximate surface area is 64.8 Å². The molecule has 4 heteroatoms. The van der Waals surface area contributed by atoms with E-state index in [1.54, 1.807) is 0 Å². The molecule has 0 aromatic rings.